The van der Waals surface area contributed by atoms with Gasteiger partial charge in [-0.15, -0.1) is 0 Å². The van der Waals surface area contributed by atoms with E-state index in [9.17, 15) is 14.7 Å². The average Bonchev–Trinajstić information content (AvgIpc) is 2.21. The number of carbonyl (C=O) groups excluding carboxylic acids is 2. The van der Waals surface area contributed by atoms with Crippen LogP contribution in [-0.2, 0) is 16.0 Å². The molecule has 0 aromatic carbocycles. The van der Waals surface area contributed by atoms with Crippen molar-refractivity contribution in [2.75, 3.05) is 6.61 Å². The molecule has 0 saturated heterocycles. The van der Waals surface area contributed by atoms with Crippen molar-refractivity contribution in [2.24, 2.45) is 0 Å². The Morgan fingerprint density at radius 3 is 3.00 bits per heavy atom. The summed E-state index contributed by atoms with van der Waals surface area (Å²) in [4.78, 5) is 25.2. The highest BCUT2D eigenvalue weighted by molar-refractivity contribution is 5.79. The first-order chi connectivity index (χ1) is 7.19. The highest BCUT2D eigenvalue weighted by Crippen LogP contribution is 2.19. The first-order valence-corrected chi connectivity index (χ1v) is 4.46. The van der Waals surface area contributed by atoms with Crippen molar-refractivity contribution in [3.05, 3.63) is 23.5 Å². The number of esters is 1. The molecule has 0 amide bonds. The number of hydrogen-bond acceptors (Lipinski definition) is 5. The van der Waals surface area contributed by atoms with Crippen molar-refractivity contribution >= 4 is 12.3 Å². The number of aromatic hydroxyl groups is 1. The molecule has 1 N–H and O–H groups in total. The van der Waals surface area contributed by atoms with E-state index in [-0.39, 0.29) is 24.5 Å². The van der Waals surface area contributed by atoms with Gasteiger partial charge in [0.25, 0.3) is 0 Å². The first kappa shape index (κ1) is 11.2. The summed E-state index contributed by atoms with van der Waals surface area (Å²) in [6, 6.07) is 1.47. The maximum Gasteiger partial charge on any atom is 0.310 e. The molecule has 0 atom stereocenters. The van der Waals surface area contributed by atoms with Gasteiger partial charge in [0.05, 0.1) is 13.0 Å². The van der Waals surface area contributed by atoms with E-state index in [2.05, 4.69) is 4.98 Å². The Morgan fingerprint density at radius 2 is 2.40 bits per heavy atom. The zero-order valence-corrected chi connectivity index (χ0v) is 8.27. The zero-order chi connectivity index (χ0) is 11.3. The van der Waals surface area contributed by atoms with Crippen LogP contribution in [0.15, 0.2) is 12.3 Å². The minimum Gasteiger partial charge on any atom is -0.505 e. The van der Waals surface area contributed by atoms with Crippen molar-refractivity contribution in [2.45, 2.75) is 13.3 Å². The number of hydrogen-bond donors (Lipinski definition) is 1. The minimum atomic E-state index is -0.448. The molecular weight excluding hydrogens is 198 g/mol. The van der Waals surface area contributed by atoms with Crippen LogP contribution in [-0.4, -0.2) is 29.0 Å². The van der Waals surface area contributed by atoms with Crippen molar-refractivity contribution in [3.63, 3.8) is 0 Å². The Hall–Kier alpha value is -1.91. The van der Waals surface area contributed by atoms with Crippen LogP contribution in [0, 0.1) is 0 Å². The molecule has 5 nitrogen and oxygen atoms in total. The predicted octanol–water partition coefficient (Wildman–Crippen LogP) is 0.705. The standard InChI is InChI=1S/C10H11NO4/c1-2-15-9(13)5-7-3-4-11-8(6-12)10(7)14/h3-4,6,14H,2,5H2,1H3. The Labute approximate surface area is 86.7 Å². The number of carbonyl (C=O) groups is 2. The van der Waals surface area contributed by atoms with Gasteiger partial charge in [-0.2, -0.15) is 0 Å². The maximum absolute atomic E-state index is 11.1. The monoisotopic (exact) mass is 209 g/mol. The Bertz CT molecular complexity index is 376. The van der Waals surface area contributed by atoms with Crippen LogP contribution in [0.25, 0.3) is 0 Å². The Balaban J connectivity index is 2.85. The topological polar surface area (TPSA) is 76.5 Å². The third kappa shape index (κ3) is 2.77. The van der Waals surface area contributed by atoms with Gasteiger partial charge in [0.15, 0.2) is 6.29 Å². The van der Waals surface area contributed by atoms with Crippen LogP contribution in [0.1, 0.15) is 23.0 Å². The molecule has 1 aromatic heterocycles. The summed E-state index contributed by atoms with van der Waals surface area (Å²) in [5.41, 5.74) is 0.266. The summed E-state index contributed by atoms with van der Waals surface area (Å²) in [5, 5.41) is 9.50. The molecule has 0 fully saturated rings. The molecule has 1 rings (SSSR count). The second kappa shape index (κ2) is 5.09. The number of pyridine rings is 1. The number of nitrogens with zero attached hydrogens (tertiary/aromatic N) is 1. The fourth-order valence-electron chi connectivity index (χ4n) is 1.11. The van der Waals surface area contributed by atoms with Gasteiger partial charge in [0, 0.05) is 11.8 Å². The lowest BCUT2D eigenvalue weighted by Crippen LogP contribution is -2.08. The number of ether oxygens (including phenoxy) is 1. The fourth-order valence-corrected chi connectivity index (χ4v) is 1.11. The van der Waals surface area contributed by atoms with Crippen LogP contribution >= 0.6 is 0 Å². The molecule has 15 heavy (non-hydrogen) atoms. The van der Waals surface area contributed by atoms with E-state index in [4.69, 9.17) is 4.74 Å². The van der Waals surface area contributed by atoms with Crippen molar-refractivity contribution in [3.8, 4) is 5.75 Å². The Kier molecular flexibility index (Phi) is 3.79. The molecule has 0 radical (unpaired) electrons. The van der Waals surface area contributed by atoms with Gasteiger partial charge in [-0.05, 0) is 13.0 Å². The van der Waals surface area contributed by atoms with Crippen LogP contribution in [0.3, 0.4) is 0 Å². The smallest absolute Gasteiger partial charge is 0.310 e. The molecule has 0 saturated carbocycles. The quantitative estimate of drug-likeness (QED) is 0.583. The molecular formula is C10H11NO4. The van der Waals surface area contributed by atoms with Crippen molar-refractivity contribution in [1.82, 2.24) is 4.98 Å². The predicted molar refractivity (Wildman–Crippen MR) is 51.6 cm³/mol. The molecule has 0 spiro atoms. The molecule has 0 bridgehead atoms. The minimum absolute atomic E-state index is 0.0664. The van der Waals surface area contributed by atoms with Gasteiger partial charge in [-0.1, -0.05) is 0 Å². The molecule has 0 aliphatic carbocycles. The summed E-state index contributed by atoms with van der Waals surface area (Å²) < 4.78 is 4.72. The highest BCUT2D eigenvalue weighted by atomic mass is 16.5. The van der Waals surface area contributed by atoms with Crippen LogP contribution in [0.4, 0.5) is 0 Å². The van der Waals surface area contributed by atoms with Gasteiger partial charge in [-0.25, -0.2) is 4.98 Å². The third-order valence-electron chi connectivity index (χ3n) is 1.79. The number of aldehydes is 1. The number of aromatic nitrogens is 1. The summed E-state index contributed by atoms with van der Waals surface area (Å²) in [7, 11) is 0. The second-order valence-electron chi connectivity index (χ2n) is 2.80. The second-order valence-corrected chi connectivity index (χ2v) is 2.80. The molecule has 0 aliphatic heterocycles. The van der Waals surface area contributed by atoms with E-state index in [0.717, 1.165) is 0 Å². The van der Waals surface area contributed by atoms with Gasteiger partial charge in [0.1, 0.15) is 11.4 Å². The molecule has 80 valence electrons. The number of rotatable bonds is 4. The van der Waals surface area contributed by atoms with Crippen LogP contribution < -0.4 is 0 Å². The summed E-state index contributed by atoms with van der Waals surface area (Å²) >= 11 is 0. The van der Waals surface area contributed by atoms with Crippen molar-refractivity contribution in [1.29, 1.82) is 0 Å². The van der Waals surface area contributed by atoms with E-state index in [1.54, 1.807) is 6.92 Å². The van der Waals surface area contributed by atoms with Gasteiger partial charge < -0.3 is 9.84 Å². The van der Waals surface area contributed by atoms with Crippen LogP contribution in [0.2, 0.25) is 0 Å². The van der Waals surface area contributed by atoms with E-state index in [0.29, 0.717) is 11.8 Å². The highest BCUT2D eigenvalue weighted by Gasteiger charge is 2.11. The first-order valence-electron chi connectivity index (χ1n) is 4.46. The molecule has 5 heteroatoms. The summed E-state index contributed by atoms with van der Waals surface area (Å²) in [6.07, 6.45) is 1.73. The average molecular weight is 209 g/mol. The van der Waals surface area contributed by atoms with E-state index >= 15 is 0 Å². The molecule has 0 aliphatic rings. The summed E-state index contributed by atoms with van der Waals surface area (Å²) in [6.45, 7) is 1.98. The van der Waals surface area contributed by atoms with Crippen LogP contribution in [0.5, 0.6) is 5.75 Å². The lowest BCUT2D eigenvalue weighted by atomic mass is 10.1. The zero-order valence-electron chi connectivity index (χ0n) is 8.27. The van der Waals surface area contributed by atoms with Gasteiger partial charge >= 0.3 is 5.97 Å². The fraction of sp³-hybridized carbons (Fsp3) is 0.300. The molecule has 1 heterocycles. The van der Waals surface area contributed by atoms with E-state index in [1.807, 2.05) is 0 Å². The summed E-state index contributed by atoms with van der Waals surface area (Å²) in [5.74, 6) is -0.712. The largest absolute Gasteiger partial charge is 0.505 e. The van der Waals surface area contributed by atoms with Gasteiger partial charge in [0.2, 0.25) is 0 Å². The van der Waals surface area contributed by atoms with E-state index < -0.39 is 5.97 Å². The van der Waals surface area contributed by atoms with Crippen molar-refractivity contribution < 1.29 is 19.4 Å². The lowest BCUT2D eigenvalue weighted by molar-refractivity contribution is -0.142. The normalized spacial score (nSPS) is 9.67. The molecule has 0 unspecified atom stereocenters. The SMILES string of the molecule is CCOC(=O)Cc1ccnc(C=O)c1O. The lowest BCUT2D eigenvalue weighted by Gasteiger charge is -2.04. The maximum atomic E-state index is 11.1. The Morgan fingerprint density at radius 1 is 1.67 bits per heavy atom. The van der Waals surface area contributed by atoms with Gasteiger partial charge in [-0.3, -0.25) is 9.59 Å². The molecule has 1 aromatic rings. The third-order valence-corrected chi connectivity index (χ3v) is 1.79. The van der Waals surface area contributed by atoms with E-state index in [1.165, 1.54) is 12.3 Å².